The summed E-state index contributed by atoms with van der Waals surface area (Å²) in [5.41, 5.74) is 0. The molecule has 1 aromatic carbocycles. The summed E-state index contributed by atoms with van der Waals surface area (Å²) < 4.78 is 0. The second-order valence-corrected chi connectivity index (χ2v) is 5.45. The number of hydrogen-bond acceptors (Lipinski definition) is 0. The van der Waals surface area contributed by atoms with Gasteiger partial charge in [-0.15, -0.1) is 0 Å². The van der Waals surface area contributed by atoms with E-state index < -0.39 is 0 Å². The average molecular weight is 190 g/mol. The van der Waals surface area contributed by atoms with Crippen molar-refractivity contribution in [2.24, 2.45) is 0 Å². The quantitative estimate of drug-likeness (QED) is 0.638. The highest BCUT2D eigenvalue weighted by Crippen LogP contribution is 1.94. The van der Waals surface area contributed by atoms with Gasteiger partial charge in [0.15, 0.2) is 0 Å². The predicted molar refractivity (Wildman–Crippen MR) is 63.4 cm³/mol. The molecule has 0 aromatic heterocycles. The van der Waals surface area contributed by atoms with Gasteiger partial charge in [0.25, 0.3) is 0 Å². The SMILES string of the molecule is CCCCC(C)=[SiH]c1ccccc1. The molecular formula is C12H18Si. The molecule has 0 saturated heterocycles. The van der Waals surface area contributed by atoms with Crippen LogP contribution in [0.4, 0.5) is 0 Å². The summed E-state index contributed by atoms with van der Waals surface area (Å²) >= 11 is 0. The van der Waals surface area contributed by atoms with Crippen LogP contribution in [0.1, 0.15) is 33.1 Å². The summed E-state index contributed by atoms with van der Waals surface area (Å²) in [7, 11) is 0.407. The van der Waals surface area contributed by atoms with Crippen LogP contribution < -0.4 is 5.19 Å². The molecule has 0 fully saturated rings. The van der Waals surface area contributed by atoms with Crippen molar-refractivity contribution in [3.05, 3.63) is 30.3 Å². The largest absolute Gasteiger partial charge is 0.0908 e. The van der Waals surface area contributed by atoms with Crippen molar-refractivity contribution in [1.29, 1.82) is 0 Å². The second-order valence-electron chi connectivity index (χ2n) is 3.50. The predicted octanol–water partition coefficient (Wildman–Crippen LogP) is 2.13. The minimum Gasteiger partial charge on any atom is -0.0908 e. The molecule has 0 spiro atoms. The normalized spacial score (nSPS) is 11.7. The van der Waals surface area contributed by atoms with E-state index in [0.29, 0.717) is 9.13 Å². The second kappa shape index (κ2) is 5.87. The van der Waals surface area contributed by atoms with Crippen LogP contribution in [0, 0.1) is 0 Å². The molecule has 1 heteroatoms. The summed E-state index contributed by atoms with van der Waals surface area (Å²) in [5, 5.41) is 3.21. The van der Waals surface area contributed by atoms with Gasteiger partial charge in [-0.1, -0.05) is 55.3 Å². The van der Waals surface area contributed by atoms with Crippen molar-refractivity contribution < 1.29 is 0 Å². The molecule has 0 radical (unpaired) electrons. The number of benzene rings is 1. The van der Waals surface area contributed by atoms with E-state index >= 15 is 0 Å². The monoisotopic (exact) mass is 190 g/mol. The van der Waals surface area contributed by atoms with Gasteiger partial charge in [0.2, 0.25) is 0 Å². The Morgan fingerprint density at radius 1 is 1.23 bits per heavy atom. The van der Waals surface area contributed by atoms with E-state index in [9.17, 15) is 0 Å². The van der Waals surface area contributed by atoms with E-state index in [1.807, 2.05) is 0 Å². The van der Waals surface area contributed by atoms with Gasteiger partial charge in [-0.25, -0.2) is 0 Å². The molecule has 0 aliphatic heterocycles. The Hall–Kier alpha value is -0.693. The zero-order chi connectivity index (χ0) is 9.52. The topological polar surface area (TPSA) is 0 Å². The summed E-state index contributed by atoms with van der Waals surface area (Å²) in [5.74, 6) is 0. The first-order chi connectivity index (χ1) is 6.33. The Morgan fingerprint density at radius 3 is 2.54 bits per heavy atom. The molecule has 13 heavy (non-hydrogen) atoms. The highest BCUT2D eigenvalue weighted by molar-refractivity contribution is 6.65. The van der Waals surface area contributed by atoms with E-state index in [1.54, 1.807) is 5.17 Å². The maximum Gasteiger partial charge on any atom is 0.0282 e. The zero-order valence-corrected chi connectivity index (χ0v) is 9.74. The van der Waals surface area contributed by atoms with Crippen molar-refractivity contribution in [3.8, 4) is 0 Å². The molecule has 0 saturated carbocycles. The Balaban J connectivity index is 2.55. The van der Waals surface area contributed by atoms with Crippen LogP contribution in [-0.2, 0) is 0 Å². The molecule has 0 nitrogen and oxygen atoms in total. The van der Waals surface area contributed by atoms with E-state index in [-0.39, 0.29) is 0 Å². The van der Waals surface area contributed by atoms with Gasteiger partial charge in [-0.2, -0.15) is 0 Å². The molecule has 0 aliphatic carbocycles. The van der Waals surface area contributed by atoms with Gasteiger partial charge in [0.05, 0.1) is 0 Å². The molecular weight excluding hydrogens is 172 g/mol. The third kappa shape index (κ3) is 4.18. The third-order valence-electron chi connectivity index (χ3n) is 2.14. The van der Waals surface area contributed by atoms with Crippen molar-refractivity contribution in [2.75, 3.05) is 0 Å². The fraction of sp³-hybridized carbons (Fsp3) is 0.417. The van der Waals surface area contributed by atoms with Crippen molar-refractivity contribution in [2.45, 2.75) is 33.1 Å². The standard InChI is InChI=1S/C12H18Si/c1-3-4-8-11(2)13-12-9-6-5-7-10-12/h5-7,9-10,13H,3-4,8H2,1-2H3. The lowest BCUT2D eigenvalue weighted by atomic mass is 10.2. The number of hydrogen-bond donors (Lipinski definition) is 0. The van der Waals surface area contributed by atoms with Gasteiger partial charge < -0.3 is 0 Å². The van der Waals surface area contributed by atoms with Crippen LogP contribution >= 0.6 is 0 Å². The molecule has 0 N–H and O–H groups in total. The average Bonchev–Trinajstić information content (AvgIpc) is 2.16. The Labute approximate surface area is 83.4 Å². The van der Waals surface area contributed by atoms with E-state index in [0.717, 1.165) is 0 Å². The molecule has 0 atom stereocenters. The first kappa shape index (κ1) is 10.4. The van der Waals surface area contributed by atoms with E-state index in [4.69, 9.17) is 0 Å². The van der Waals surface area contributed by atoms with Crippen LogP contribution in [0.25, 0.3) is 0 Å². The van der Waals surface area contributed by atoms with E-state index in [1.165, 1.54) is 24.4 Å². The fourth-order valence-electron chi connectivity index (χ4n) is 1.36. The third-order valence-corrected chi connectivity index (χ3v) is 3.64. The molecule has 0 heterocycles. The van der Waals surface area contributed by atoms with Gasteiger partial charge in [0.1, 0.15) is 0 Å². The van der Waals surface area contributed by atoms with Crippen molar-refractivity contribution in [1.82, 2.24) is 0 Å². The minimum atomic E-state index is 0.407. The zero-order valence-electron chi connectivity index (χ0n) is 8.59. The van der Waals surface area contributed by atoms with Crippen LogP contribution in [0.2, 0.25) is 0 Å². The number of rotatable bonds is 4. The Morgan fingerprint density at radius 2 is 1.92 bits per heavy atom. The molecule has 0 bridgehead atoms. The van der Waals surface area contributed by atoms with Gasteiger partial charge in [0, 0.05) is 9.13 Å². The van der Waals surface area contributed by atoms with Crippen molar-refractivity contribution in [3.63, 3.8) is 0 Å². The van der Waals surface area contributed by atoms with Crippen molar-refractivity contribution >= 4 is 19.5 Å². The maximum atomic E-state index is 2.30. The molecule has 1 rings (SSSR count). The Bertz CT molecular complexity index is 262. The maximum absolute atomic E-state index is 2.30. The van der Waals surface area contributed by atoms with Gasteiger partial charge >= 0.3 is 0 Å². The smallest absolute Gasteiger partial charge is 0.0282 e. The summed E-state index contributed by atoms with van der Waals surface area (Å²) in [4.78, 5) is 0. The first-order valence-electron chi connectivity index (χ1n) is 5.05. The fourth-order valence-corrected chi connectivity index (χ4v) is 2.69. The van der Waals surface area contributed by atoms with Gasteiger partial charge in [-0.05, 0) is 18.5 Å². The molecule has 0 amide bonds. The van der Waals surface area contributed by atoms with E-state index in [2.05, 4.69) is 44.2 Å². The van der Waals surface area contributed by atoms with Crippen LogP contribution in [0.3, 0.4) is 0 Å². The summed E-state index contributed by atoms with van der Waals surface area (Å²) in [6, 6.07) is 10.8. The highest BCUT2D eigenvalue weighted by Gasteiger charge is 1.90. The number of unbranched alkanes of at least 4 members (excludes halogenated alkanes) is 1. The lowest BCUT2D eigenvalue weighted by molar-refractivity contribution is 0.838. The molecule has 1 aromatic rings. The van der Waals surface area contributed by atoms with Gasteiger partial charge in [-0.3, -0.25) is 0 Å². The summed E-state index contributed by atoms with van der Waals surface area (Å²) in [6.45, 7) is 4.56. The lowest BCUT2D eigenvalue weighted by Crippen LogP contribution is -2.13. The highest BCUT2D eigenvalue weighted by atomic mass is 28.2. The molecule has 70 valence electrons. The Kier molecular flexibility index (Phi) is 4.69. The van der Waals surface area contributed by atoms with Crippen LogP contribution in [-0.4, -0.2) is 14.3 Å². The summed E-state index contributed by atoms with van der Waals surface area (Å²) in [6.07, 6.45) is 3.98. The first-order valence-corrected chi connectivity index (χ1v) is 6.20. The lowest BCUT2D eigenvalue weighted by Gasteiger charge is -1.99. The molecule has 0 unspecified atom stereocenters. The minimum absolute atomic E-state index is 0.407. The van der Waals surface area contributed by atoms with Crippen LogP contribution in [0.5, 0.6) is 0 Å². The molecule has 0 aliphatic rings. The van der Waals surface area contributed by atoms with Crippen LogP contribution in [0.15, 0.2) is 30.3 Å².